The lowest BCUT2D eigenvalue weighted by atomic mass is 10.1. The van der Waals surface area contributed by atoms with Crippen molar-refractivity contribution in [2.75, 3.05) is 6.61 Å². The van der Waals surface area contributed by atoms with E-state index in [1.54, 1.807) is 0 Å². The third-order valence-electron chi connectivity index (χ3n) is 1.38. The predicted molar refractivity (Wildman–Crippen MR) is 40.4 cm³/mol. The van der Waals surface area contributed by atoms with Gasteiger partial charge >= 0.3 is 0 Å². The van der Waals surface area contributed by atoms with Crippen LogP contribution in [0.1, 0.15) is 6.92 Å². The maximum atomic E-state index is 9.04. The summed E-state index contributed by atoms with van der Waals surface area (Å²) in [7, 11) is 0. The van der Waals surface area contributed by atoms with Gasteiger partial charge in [-0.25, -0.2) is 0 Å². The minimum atomic E-state index is -1.22. The number of aliphatic hydroxyl groups is 4. The average Bonchev–Trinajstić information content (AvgIpc) is 2.00. The molecule has 0 amide bonds. The highest BCUT2D eigenvalue weighted by atomic mass is 35.5. The van der Waals surface area contributed by atoms with E-state index in [-0.39, 0.29) is 0 Å². The van der Waals surface area contributed by atoms with Gasteiger partial charge in [-0.3, -0.25) is 0 Å². The largest absolute Gasteiger partial charge is 0.394 e. The van der Waals surface area contributed by atoms with Crippen molar-refractivity contribution in [2.24, 2.45) is 0 Å². The number of rotatable bonds is 4. The van der Waals surface area contributed by atoms with Crippen LogP contribution in [0.15, 0.2) is 0 Å². The van der Waals surface area contributed by atoms with Gasteiger partial charge < -0.3 is 20.4 Å². The second-order valence-electron chi connectivity index (χ2n) is 2.43. The van der Waals surface area contributed by atoms with Gasteiger partial charge in [-0.2, -0.15) is 0 Å². The summed E-state index contributed by atoms with van der Waals surface area (Å²) in [4.78, 5) is 0. The zero-order chi connectivity index (χ0) is 9.02. The fourth-order valence-corrected chi connectivity index (χ4v) is 0.885. The van der Waals surface area contributed by atoms with E-state index in [4.69, 9.17) is 32.0 Å². The van der Waals surface area contributed by atoms with Crippen molar-refractivity contribution in [3.05, 3.63) is 0 Å². The Morgan fingerprint density at radius 3 is 2.00 bits per heavy atom. The molecule has 4 nitrogen and oxygen atoms in total. The van der Waals surface area contributed by atoms with Gasteiger partial charge in [-0.05, 0) is 6.92 Å². The summed E-state index contributed by atoms with van der Waals surface area (Å²) in [6.45, 7) is 0.822. The molecule has 0 aromatic rings. The second-order valence-corrected chi connectivity index (χ2v) is 2.93. The van der Waals surface area contributed by atoms with E-state index in [1.165, 1.54) is 6.92 Å². The lowest BCUT2D eigenvalue weighted by Crippen LogP contribution is -2.41. The first-order chi connectivity index (χ1) is 5.00. The second kappa shape index (κ2) is 4.90. The zero-order valence-corrected chi connectivity index (χ0v) is 6.94. The van der Waals surface area contributed by atoms with Crippen LogP contribution in [0.4, 0.5) is 0 Å². The van der Waals surface area contributed by atoms with Crippen molar-refractivity contribution in [2.45, 2.75) is 30.6 Å². The van der Waals surface area contributed by atoms with Crippen LogP contribution in [-0.2, 0) is 0 Å². The van der Waals surface area contributed by atoms with Crippen LogP contribution in [0.25, 0.3) is 0 Å². The molecule has 0 heterocycles. The highest BCUT2D eigenvalue weighted by molar-refractivity contribution is 6.21. The third-order valence-corrected chi connectivity index (χ3v) is 1.92. The number of hydrogen-bond donors (Lipinski definition) is 4. The molecule has 68 valence electrons. The normalized spacial score (nSPS) is 22.4. The Hall–Kier alpha value is 0.130. The number of hydrogen-bond acceptors (Lipinski definition) is 4. The molecule has 0 radical (unpaired) electrons. The maximum Gasteiger partial charge on any atom is 0.0985 e. The third kappa shape index (κ3) is 3.35. The van der Waals surface area contributed by atoms with Crippen molar-refractivity contribution in [3.8, 4) is 0 Å². The SMILES string of the molecule is CC(O)C(O)C(Cl)C(O)CO. The van der Waals surface area contributed by atoms with Crippen molar-refractivity contribution in [1.29, 1.82) is 0 Å². The van der Waals surface area contributed by atoms with Crippen molar-refractivity contribution in [1.82, 2.24) is 0 Å². The molecule has 0 aromatic heterocycles. The summed E-state index contributed by atoms with van der Waals surface area (Å²) in [6.07, 6.45) is -3.45. The molecule has 0 aliphatic rings. The van der Waals surface area contributed by atoms with E-state index in [2.05, 4.69) is 0 Å². The first-order valence-corrected chi connectivity index (χ1v) is 3.73. The quantitative estimate of drug-likeness (QED) is 0.409. The van der Waals surface area contributed by atoms with Crippen LogP contribution < -0.4 is 0 Å². The number of aliphatic hydroxyl groups excluding tert-OH is 4. The summed E-state index contributed by atoms with van der Waals surface area (Å²) in [5, 5.41) is 34.1. The number of alkyl halides is 1. The Morgan fingerprint density at radius 2 is 1.73 bits per heavy atom. The van der Waals surface area contributed by atoms with Gasteiger partial charge in [-0.1, -0.05) is 0 Å². The predicted octanol–water partition coefficient (Wildman–Crippen LogP) is -1.31. The first-order valence-electron chi connectivity index (χ1n) is 3.29. The van der Waals surface area contributed by atoms with Crippen LogP contribution in [-0.4, -0.2) is 50.7 Å². The van der Waals surface area contributed by atoms with E-state index in [0.29, 0.717) is 0 Å². The smallest absolute Gasteiger partial charge is 0.0985 e. The molecule has 0 saturated heterocycles. The van der Waals surface area contributed by atoms with E-state index >= 15 is 0 Å². The van der Waals surface area contributed by atoms with Crippen LogP contribution in [0, 0.1) is 0 Å². The summed E-state index contributed by atoms with van der Waals surface area (Å²) >= 11 is 5.46. The molecule has 11 heavy (non-hydrogen) atoms. The molecule has 4 N–H and O–H groups in total. The van der Waals surface area contributed by atoms with Gasteiger partial charge in [0.2, 0.25) is 0 Å². The van der Waals surface area contributed by atoms with Gasteiger partial charge in [0, 0.05) is 0 Å². The maximum absolute atomic E-state index is 9.04. The molecule has 0 aromatic carbocycles. The van der Waals surface area contributed by atoms with Gasteiger partial charge in [0.15, 0.2) is 0 Å². The molecule has 5 heteroatoms. The van der Waals surface area contributed by atoms with E-state index in [9.17, 15) is 0 Å². The summed E-state index contributed by atoms with van der Waals surface area (Å²) < 4.78 is 0. The van der Waals surface area contributed by atoms with Crippen LogP contribution in [0.3, 0.4) is 0 Å². The Labute approximate surface area is 70.0 Å². The standard InChI is InChI=1S/C6H13ClO4/c1-3(9)6(11)5(7)4(10)2-8/h3-6,8-11H,2H2,1H3. The topological polar surface area (TPSA) is 80.9 Å². The molecule has 0 bridgehead atoms. The van der Waals surface area contributed by atoms with Gasteiger partial charge in [0.05, 0.1) is 30.3 Å². The minimum Gasteiger partial charge on any atom is -0.394 e. The first kappa shape index (κ1) is 11.1. The van der Waals surface area contributed by atoms with Gasteiger partial charge in [0.25, 0.3) is 0 Å². The van der Waals surface area contributed by atoms with Crippen LogP contribution in [0.5, 0.6) is 0 Å². The molecule has 0 aliphatic heterocycles. The molecule has 0 aliphatic carbocycles. The fourth-order valence-electron chi connectivity index (χ4n) is 0.594. The summed E-state index contributed by atoms with van der Waals surface area (Å²) in [5.41, 5.74) is 0. The molecular formula is C6H13ClO4. The summed E-state index contributed by atoms with van der Waals surface area (Å²) in [5.74, 6) is 0. The van der Waals surface area contributed by atoms with Gasteiger partial charge in [-0.15, -0.1) is 11.6 Å². The Kier molecular flexibility index (Phi) is 4.96. The molecule has 0 spiro atoms. The minimum absolute atomic E-state index is 0.530. The van der Waals surface area contributed by atoms with E-state index in [0.717, 1.165) is 0 Å². The highest BCUT2D eigenvalue weighted by Gasteiger charge is 2.27. The lowest BCUT2D eigenvalue weighted by molar-refractivity contribution is -0.0117. The Bertz CT molecular complexity index is 109. The summed E-state index contributed by atoms with van der Waals surface area (Å²) in [6, 6.07) is 0. The lowest BCUT2D eigenvalue weighted by Gasteiger charge is -2.22. The van der Waals surface area contributed by atoms with E-state index in [1.807, 2.05) is 0 Å². The Morgan fingerprint density at radius 1 is 1.27 bits per heavy atom. The molecule has 4 unspecified atom stereocenters. The molecule has 0 saturated carbocycles. The molecule has 0 rings (SSSR count). The highest BCUT2D eigenvalue weighted by Crippen LogP contribution is 2.11. The van der Waals surface area contributed by atoms with Crippen molar-refractivity contribution in [3.63, 3.8) is 0 Å². The van der Waals surface area contributed by atoms with Crippen LogP contribution >= 0.6 is 11.6 Å². The van der Waals surface area contributed by atoms with Crippen molar-refractivity contribution < 1.29 is 20.4 Å². The fraction of sp³-hybridized carbons (Fsp3) is 1.00. The monoisotopic (exact) mass is 184 g/mol. The Balaban J connectivity index is 3.90. The molecule has 0 fully saturated rings. The molecule has 4 atom stereocenters. The number of halogens is 1. The molecular weight excluding hydrogens is 172 g/mol. The van der Waals surface area contributed by atoms with Crippen LogP contribution in [0.2, 0.25) is 0 Å². The van der Waals surface area contributed by atoms with E-state index < -0.39 is 30.3 Å². The zero-order valence-electron chi connectivity index (χ0n) is 6.18. The average molecular weight is 185 g/mol. The van der Waals surface area contributed by atoms with Crippen molar-refractivity contribution >= 4 is 11.6 Å². The van der Waals surface area contributed by atoms with Gasteiger partial charge in [0.1, 0.15) is 0 Å².